The van der Waals surface area contributed by atoms with Crippen LogP contribution < -0.4 is 9.47 Å². The SMILES string of the molecule is COc1cccc(-c2cccc(OC)c2F)c1F. The summed E-state index contributed by atoms with van der Waals surface area (Å²) in [7, 11) is 2.73. The summed E-state index contributed by atoms with van der Waals surface area (Å²) >= 11 is 0. The van der Waals surface area contributed by atoms with Gasteiger partial charge in [0.05, 0.1) is 14.2 Å². The van der Waals surface area contributed by atoms with Gasteiger partial charge in [0.1, 0.15) is 0 Å². The van der Waals surface area contributed by atoms with Gasteiger partial charge in [-0.25, -0.2) is 8.78 Å². The molecule has 0 aliphatic carbocycles. The van der Waals surface area contributed by atoms with Gasteiger partial charge < -0.3 is 9.47 Å². The van der Waals surface area contributed by atoms with Crippen molar-refractivity contribution in [3.63, 3.8) is 0 Å². The van der Waals surface area contributed by atoms with Crippen molar-refractivity contribution in [2.24, 2.45) is 0 Å². The molecule has 0 amide bonds. The molecule has 2 rings (SSSR count). The van der Waals surface area contributed by atoms with Crippen molar-refractivity contribution in [2.75, 3.05) is 14.2 Å². The number of benzene rings is 2. The van der Waals surface area contributed by atoms with Gasteiger partial charge in [-0.15, -0.1) is 0 Å². The van der Waals surface area contributed by atoms with Crippen LogP contribution >= 0.6 is 0 Å². The second-order valence-electron chi connectivity index (χ2n) is 3.64. The maximum atomic E-state index is 14.0. The van der Waals surface area contributed by atoms with Crippen molar-refractivity contribution in [1.82, 2.24) is 0 Å². The van der Waals surface area contributed by atoms with Crippen LogP contribution in [0.1, 0.15) is 0 Å². The third-order valence-corrected chi connectivity index (χ3v) is 2.66. The summed E-state index contributed by atoms with van der Waals surface area (Å²) in [5, 5.41) is 0. The second kappa shape index (κ2) is 5.04. The lowest BCUT2D eigenvalue weighted by atomic mass is 10.0. The molecule has 0 heterocycles. The van der Waals surface area contributed by atoms with Crippen molar-refractivity contribution < 1.29 is 18.3 Å². The number of rotatable bonds is 3. The quantitative estimate of drug-likeness (QED) is 0.827. The smallest absolute Gasteiger partial charge is 0.172 e. The lowest BCUT2D eigenvalue weighted by Gasteiger charge is -2.10. The van der Waals surface area contributed by atoms with Gasteiger partial charge in [0, 0.05) is 11.1 Å². The highest BCUT2D eigenvalue weighted by Crippen LogP contribution is 2.33. The number of hydrogen-bond donors (Lipinski definition) is 0. The molecular weight excluding hydrogens is 238 g/mol. The third-order valence-electron chi connectivity index (χ3n) is 2.66. The van der Waals surface area contributed by atoms with E-state index in [4.69, 9.17) is 9.47 Å². The van der Waals surface area contributed by atoms with Crippen molar-refractivity contribution in [3.05, 3.63) is 48.0 Å². The second-order valence-corrected chi connectivity index (χ2v) is 3.64. The van der Waals surface area contributed by atoms with E-state index in [-0.39, 0.29) is 22.6 Å². The van der Waals surface area contributed by atoms with Gasteiger partial charge in [-0.05, 0) is 12.1 Å². The average Bonchev–Trinajstić information content (AvgIpc) is 2.40. The summed E-state index contributed by atoms with van der Waals surface area (Å²) in [5.41, 5.74) is 0.288. The minimum absolute atomic E-state index is 0.0784. The third kappa shape index (κ3) is 2.01. The molecule has 0 aliphatic heterocycles. The molecule has 0 N–H and O–H groups in total. The predicted octanol–water partition coefficient (Wildman–Crippen LogP) is 3.65. The predicted molar refractivity (Wildman–Crippen MR) is 64.9 cm³/mol. The molecule has 0 radical (unpaired) electrons. The van der Waals surface area contributed by atoms with Gasteiger partial charge in [-0.3, -0.25) is 0 Å². The molecule has 0 aliphatic rings. The molecule has 94 valence electrons. The van der Waals surface area contributed by atoms with Crippen molar-refractivity contribution in [3.8, 4) is 22.6 Å². The molecule has 0 spiro atoms. The zero-order valence-corrected chi connectivity index (χ0v) is 10.0. The maximum Gasteiger partial charge on any atom is 0.172 e. The Kier molecular flexibility index (Phi) is 3.46. The van der Waals surface area contributed by atoms with Gasteiger partial charge in [-0.1, -0.05) is 24.3 Å². The van der Waals surface area contributed by atoms with E-state index in [1.54, 1.807) is 12.1 Å². The van der Waals surface area contributed by atoms with E-state index in [0.29, 0.717) is 0 Å². The van der Waals surface area contributed by atoms with E-state index < -0.39 is 11.6 Å². The van der Waals surface area contributed by atoms with E-state index in [1.165, 1.54) is 38.5 Å². The zero-order valence-electron chi connectivity index (χ0n) is 10.0. The topological polar surface area (TPSA) is 18.5 Å². The summed E-state index contributed by atoms with van der Waals surface area (Å²) < 4.78 is 37.8. The fourth-order valence-corrected chi connectivity index (χ4v) is 1.75. The largest absolute Gasteiger partial charge is 0.494 e. The Morgan fingerprint density at radius 3 is 1.44 bits per heavy atom. The molecule has 0 bridgehead atoms. The molecule has 0 unspecified atom stereocenters. The van der Waals surface area contributed by atoms with Crippen molar-refractivity contribution in [1.29, 1.82) is 0 Å². The molecule has 2 nitrogen and oxygen atoms in total. The van der Waals surface area contributed by atoms with Crippen LogP contribution in [0.2, 0.25) is 0 Å². The lowest BCUT2D eigenvalue weighted by Crippen LogP contribution is -1.95. The molecular formula is C14H12F2O2. The number of hydrogen-bond acceptors (Lipinski definition) is 2. The Hall–Kier alpha value is -2.10. The van der Waals surface area contributed by atoms with Gasteiger partial charge in [0.2, 0.25) is 0 Å². The Labute approximate surface area is 104 Å². The first-order valence-electron chi connectivity index (χ1n) is 5.34. The molecule has 18 heavy (non-hydrogen) atoms. The van der Waals surface area contributed by atoms with Crippen LogP contribution in [-0.4, -0.2) is 14.2 Å². The fraction of sp³-hybridized carbons (Fsp3) is 0.143. The van der Waals surface area contributed by atoms with Crippen molar-refractivity contribution >= 4 is 0 Å². The highest BCUT2D eigenvalue weighted by atomic mass is 19.1. The maximum absolute atomic E-state index is 14.0. The summed E-state index contributed by atoms with van der Waals surface area (Å²) in [5.74, 6) is -1.02. The van der Waals surface area contributed by atoms with Gasteiger partial charge in [0.15, 0.2) is 23.1 Å². The first-order valence-corrected chi connectivity index (χ1v) is 5.34. The average molecular weight is 250 g/mol. The highest BCUT2D eigenvalue weighted by Gasteiger charge is 2.16. The van der Waals surface area contributed by atoms with Gasteiger partial charge in [0.25, 0.3) is 0 Å². The van der Waals surface area contributed by atoms with Crippen LogP contribution in [0.3, 0.4) is 0 Å². The first kappa shape index (κ1) is 12.4. The lowest BCUT2D eigenvalue weighted by molar-refractivity contribution is 0.384. The molecule has 0 fully saturated rings. The van der Waals surface area contributed by atoms with Crippen LogP contribution in [0.25, 0.3) is 11.1 Å². The van der Waals surface area contributed by atoms with E-state index in [2.05, 4.69) is 0 Å². The fourth-order valence-electron chi connectivity index (χ4n) is 1.75. The molecule has 0 saturated heterocycles. The number of ether oxygens (including phenoxy) is 2. The van der Waals surface area contributed by atoms with E-state index >= 15 is 0 Å². The minimum atomic E-state index is -0.591. The van der Waals surface area contributed by atoms with Crippen LogP contribution in [0.15, 0.2) is 36.4 Å². The molecule has 2 aromatic carbocycles. The van der Waals surface area contributed by atoms with Crippen LogP contribution in [0, 0.1) is 11.6 Å². The Bertz CT molecular complexity index is 516. The Morgan fingerprint density at radius 1 is 0.722 bits per heavy atom. The van der Waals surface area contributed by atoms with Gasteiger partial charge >= 0.3 is 0 Å². The summed E-state index contributed by atoms with van der Waals surface area (Å²) in [6.45, 7) is 0. The standard InChI is InChI=1S/C14H12F2O2/c1-17-11-7-3-5-9(13(11)15)10-6-4-8-12(18-2)14(10)16/h3-8H,1-2H3. The van der Waals surface area contributed by atoms with E-state index in [1.807, 2.05) is 0 Å². The minimum Gasteiger partial charge on any atom is -0.494 e. The number of methoxy groups -OCH3 is 2. The van der Waals surface area contributed by atoms with Crippen LogP contribution in [-0.2, 0) is 0 Å². The Balaban J connectivity index is 2.62. The molecule has 0 atom stereocenters. The van der Waals surface area contributed by atoms with Crippen LogP contribution in [0.5, 0.6) is 11.5 Å². The molecule has 2 aromatic rings. The molecule has 4 heteroatoms. The number of halogens is 2. The summed E-state index contributed by atoms with van der Waals surface area (Å²) in [6, 6.07) is 9.17. The highest BCUT2D eigenvalue weighted by molar-refractivity contribution is 5.68. The molecule has 0 saturated carbocycles. The summed E-state index contributed by atoms with van der Waals surface area (Å²) in [4.78, 5) is 0. The normalized spacial score (nSPS) is 10.2. The first-order chi connectivity index (χ1) is 8.69. The van der Waals surface area contributed by atoms with E-state index in [9.17, 15) is 8.78 Å². The summed E-state index contributed by atoms with van der Waals surface area (Å²) in [6.07, 6.45) is 0. The monoisotopic (exact) mass is 250 g/mol. The van der Waals surface area contributed by atoms with Crippen LogP contribution in [0.4, 0.5) is 8.78 Å². The van der Waals surface area contributed by atoms with Gasteiger partial charge in [-0.2, -0.15) is 0 Å². The molecule has 0 aromatic heterocycles. The van der Waals surface area contributed by atoms with Crippen molar-refractivity contribution in [2.45, 2.75) is 0 Å². The zero-order chi connectivity index (χ0) is 13.1. The van der Waals surface area contributed by atoms with E-state index in [0.717, 1.165) is 0 Å². The Morgan fingerprint density at radius 2 is 1.11 bits per heavy atom.